The third kappa shape index (κ3) is 2.82. The molecule has 1 fully saturated rings. The molecule has 0 aromatic heterocycles. The van der Waals surface area contributed by atoms with Crippen molar-refractivity contribution in [1.82, 2.24) is 0 Å². The minimum Gasteiger partial charge on any atom is -0.385 e. The van der Waals surface area contributed by atoms with Crippen molar-refractivity contribution in [3.8, 4) is 0 Å². The second-order valence-electron chi connectivity index (χ2n) is 6.97. The first-order valence-electron chi connectivity index (χ1n) is 7.50. The van der Waals surface area contributed by atoms with Crippen LogP contribution < -0.4 is 10.6 Å². The van der Waals surface area contributed by atoms with E-state index in [1.807, 2.05) is 6.07 Å². The van der Waals surface area contributed by atoms with Crippen LogP contribution in [-0.4, -0.2) is 17.5 Å². The summed E-state index contributed by atoms with van der Waals surface area (Å²) >= 11 is 0. The van der Waals surface area contributed by atoms with Gasteiger partial charge in [-0.1, -0.05) is 34.6 Å². The lowest BCUT2D eigenvalue weighted by Crippen LogP contribution is -2.11. The van der Waals surface area contributed by atoms with Crippen LogP contribution >= 0.6 is 0 Å². The first-order valence-corrected chi connectivity index (χ1v) is 7.50. The summed E-state index contributed by atoms with van der Waals surface area (Å²) in [7, 11) is 0. The topological polar surface area (TPSA) is 67.2 Å². The summed E-state index contributed by atoms with van der Waals surface area (Å²) in [4.78, 5) is 10.7. The number of benzene rings is 1. The molecule has 2 N–H and O–H groups in total. The lowest BCUT2D eigenvalue weighted by atomic mass is 10.0. The lowest BCUT2D eigenvalue weighted by Gasteiger charge is -2.11. The molecule has 0 radical (unpaired) electrons. The highest BCUT2D eigenvalue weighted by Gasteiger charge is 2.64. The number of hydrogen-bond acceptors (Lipinski definition) is 4. The van der Waals surface area contributed by atoms with E-state index in [9.17, 15) is 10.1 Å². The van der Waals surface area contributed by atoms with E-state index in [1.165, 1.54) is 0 Å². The fourth-order valence-corrected chi connectivity index (χ4v) is 2.90. The molecule has 1 aromatic rings. The first kappa shape index (κ1) is 15.6. The van der Waals surface area contributed by atoms with Crippen LogP contribution in [0.3, 0.4) is 0 Å². The van der Waals surface area contributed by atoms with Gasteiger partial charge in [-0.3, -0.25) is 10.1 Å². The molecule has 116 valence electrons. The third-order valence-electron chi connectivity index (χ3n) is 5.04. The number of non-ortho nitro benzene ring substituents is 1. The Hall–Kier alpha value is -1.78. The molecule has 2 rings (SSSR count). The highest BCUT2D eigenvalue weighted by atomic mass is 16.6. The number of rotatable bonds is 6. The van der Waals surface area contributed by atoms with Crippen LogP contribution in [0.25, 0.3) is 0 Å². The number of nitro benzene ring substituents is 1. The Bertz CT molecular complexity index is 538. The number of anilines is 2. The van der Waals surface area contributed by atoms with Crippen molar-refractivity contribution in [2.45, 2.75) is 47.1 Å². The average Bonchev–Trinajstić information content (AvgIpc) is 2.78. The summed E-state index contributed by atoms with van der Waals surface area (Å²) in [5, 5.41) is 17.8. The zero-order chi connectivity index (χ0) is 15.8. The maximum atomic E-state index is 11.1. The molecular formula is C16H25N3O2. The summed E-state index contributed by atoms with van der Waals surface area (Å²) in [6, 6.07) is 5.48. The van der Waals surface area contributed by atoms with Crippen molar-refractivity contribution in [3.05, 3.63) is 28.3 Å². The van der Waals surface area contributed by atoms with Crippen molar-refractivity contribution in [1.29, 1.82) is 0 Å². The molecule has 1 aliphatic rings. The van der Waals surface area contributed by atoms with Crippen LogP contribution in [0.1, 0.15) is 41.0 Å². The van der Waals surface area contributed by atoms with Crippen molar-refractivity contribution in [2.75, 3.05) is 17.2 Å². The highest BCUT2D eigenvalue weighted by Crippen LogP contribution is 2.63. The van der Waals surface area contributed by atoms with Gasteiger partial charge in [0.2, 0.25) is 0 Å². The number of hydrogen-bond donors (Lipinski definition) is 2. The third-order valence-corrected chi connectivity index (χ3v) is 5.04. The van der Waals surface area contributed by atoms with Crippen molar-refractivity contribution < 1.29 is 4.92 Å². The Morgan fingerprint density at radius 3 is 2.19 bits per heavy atom. The smallest absolute Gasteiger partial charge is 0.273 e. The zero-order valence-corrected chi connectivity index (χ0v) is 13.5. The van der Waals surface area contributed by atoms with E-state index < -0.39 is 0 Å². The van der Waals surface area contributed by atoms with Crippen LogP contribution in [0, 0.1) is 20.9 Å². The van der Waals surface area contributed by atoms with Gasteiger partial charge in [0.05, 0.1) is 4.92 Å². The quantitative estimate of drug-likeness (QED) is 0.607. The molecule has 0 amide bonds. The zero-order valence-electron chi connectivity index (χ0n) is 13.5. The molecule has 21 heavy (non-hydrogen) atoms. The fourth-order valence-electron chi connectivity index (χ4n) is 2.90. The summed E-state index contributed by atoms with van der Waals surface area (Å²) in [6.07, 6.45) is 0.980. The summed E-state index contributed by atoms with van der Waals surface area (Å²) in [5.41, 5.74) is 2.11. The van der Waals surface area contributed by atoms with Crippen LogP contribution in [-0.2, 0) is 0 Å². The largest absolute Gasteiger partial charge is 0.385 e. The van der Waals surface area contributed by atoms with E-state index >= 15 is 0 Å². The predicted octanol–water partition coefficient (Wildman–Crippen LogP) is 4.26. The van der Waals surface area contributed by atoms with Crippen LogP contribution in [0.5, 0.6) is 0 Å². The van der Waals surface area contributed by atoms with Crippen molar-refractivity contribution >= 4 is 17.1 Å². The van der Waals surface area contributed by atoms with Gasteiger partial charge in [0.15, 0.2) is 0 Å². The summed E-state index contributed by atoms with van der Waals surface area (Å²) < 4.78 is 0. The fraction of sp³-hybridized carbons (Fsp3) is 0.625. The Morgan fingerprint density at radius 1 is 1.14 bits per heavy atom. The van der Waals surface area contributed by atoms with Gasteiger partial charge in [-0.15, -0.1) is 0 Å². The molecule has 1 saturated carbocycles. The van der Waals surface area contributed by atoms with E-state index in [-0.39, 0.29) is 21.4 Å². The van der Waals surface area contributed by atoms with Gasteiger partial charge in [0.25, 0.3) is 5.69 Å². The van der Waals surface area contributed by atoms with E-state index in [2.05, 4.69) is 45.3 Å². The highest BCUT2D eigenvalue weighted by molar-refractivity contribution is 5.64. The summed E-state index contributed by atoms with van der Waals surface area (Å²) in [6.45, 7) is 11.8. The summed E-state index contributed by atoms with van der Waals surface area (Å²) in [5.74, 6) is 0. The molecule has 0 heterocycles. The maximum Gasteiger partial charge on any atom is 0.273 e. The molecule has 0 saturated heterocycles. The molecule has 5 heteroatoms. The Balaban J connectivity index is 2.23. The Morgan fingerprint density at radius 2 is 1.71 bits per heavy atom. The molecular weight excluding hydrogens is 266 g/mol. The molecule has 5 nitrogen and oxygen atoms in total. The van der Waals surface area contributed by atoms with E-state index in [0.29, 0.717) is 6.04 Å². The van der Waals surface area contributed by atoms with Crippen LogP contribution in [0.4, 0.5) is 17.1 Å². The van der Waals surface area contributed by atoms with E-state index in [1.54, 1.807) is 12.1 Å². The molecule has 0 unspecified atom stereocenters. The molecule has 1 aromatic carbocycles. The molecule has 0 spiro atoms. The SMILES string of the molecule is CCCNc1cc(NC2C(C)(C)C2(C)C)cc([N+](=O)[O-])c1. The number of nitro groups is 1. The van der Waals surface area contributed by atoms with E-state index in [4.69, 9.17) is 0 Å². The maximum absolute atomic E-state index is 11.1. The van der Waals surface area contributed by atoms with Crippen molar-refractivity contribution in [3.63, 3.8) is 0 Å². The molecule has 1 aliphatic carbocycles. The predicted molar refractivity (Wildman–Crippen MR) is 86.8 cm³/mol. The Kier molecular flexibility index (Phi) is 3.87. The second kappa shape index (κ2) is 5.20. The van der Waals surface area contributed by atoms with Gasteiger partial charge >= 0.3 is 0 Å². The lowest BCUT2D eigenvalue weighted by molar-refractivity contribution is -0.384. The minimum atomic E-state index is -0.342. The number of nitrogens with zero attached hydrogens (tertiary/aromatic N) is 1. The van der Waals surface area contributed by atoms with Gasteiger partial charge in [-0.25, -0.2) is 0 Å². The van der Waals surface area contributed by atoms with Gasteiger partial charge in [0.1, 0.15) is 0 Å². The molecule has 0 atom stereocenters. The molecule has 0 bridgehead atoms. The molecule has 0 aliphatic heterocycles. The monoisotopic (exact) mass is 291 g/mol. The van der Waals surface area contributed by atoms with Gasteiger partial charge in [-0.05, 0) is 23.3 Å². The van der Waals surface area contributed by atoms with Gasteiger partial charge in [0, 0.05) is 36.1 Å². The van der Waals surface area contributed by atoms with Crippen LogP contribution in [0.15, 0.2) is 18.2 Å². The van der Waals surface area contributed by atoms with Crippen LogP contribution in [0.2, 0.25) is 0 Å². The van der Waals surface area contributed by atoms with E-state index in [0.717, 1.165) is 24.3 Å². The minimum absolute atomic E-state index is 0.120. The van der Waals surface area contributed by atoms with Gasteiger partial charge < -0.3 is 10.6 Å². The van der Waals surface area contributed by atoms with Gasteiger partial charge in [-0.2, -0.15) is 0 Å². The normalized spacial score (nSPS) is 19.1. The first-order chi connectivity index (χ1) is 9.70. The number of nitrogens with one attached hydrogen (secondary N) is 2. The standard InChI is InChI=1S/C16H25N3O2/c1-6-7-17-11-8-12(10-13(9-11)19(20)21)18-14-15(2,3)16(14,4)5/h8-10,14,17-18H,6-7H2,1-5H3. The second-order valence-corrected chi connectivity index (χ2v) is 6.97. The average molecular weight is 291 g/mol. The van der Waals surface area contributed by atoms with Crippen molar-refractivity contribution in [2.24, 2.45) is 10.8 Å². The Labute approximate surface area is 126 Å².